The summed E-state index contributed by atoms with van der Waals surface area (Å²) < 4.78 is 2.18. The number of aryl methyl sites for hydroxylation is 2. The van der Waals surface area contributed by atoms with Gasteiger partial charge in [0.2, 0.25) is 0 Å². The van der Waals surface area contributed by atoms with E-state index in [4.69, 9.17) is 19.1 Å². The van der Waals surface area contributed by atoms with Crippen LogP contribution >= 0.6 is 19.1 Å². The Labute approximate surface area is 114 Å². The van der Waals surface area contributed by atoms with E-state index in [2.05, 4.69) is 26.0 Å². The van der Waals surface area contributed by atoms with Crippen molar-refractivity contribution in [3.63, 3.8) is 0 Å². The van der Waals surface area contributed by atoms with E-state index in [9.17, 15) is 0 Å². The summed E-state index contributed by atoms with van der Waals surface area (Å²) in [6.45, 7) is 4.12. The fourth-order valence-electron chi connectivity index (χ4n) is 1.62. The molecule has 2 rings (SSSR count). The Morgan fingerprint density at radius 3 is 1.41 bits per heavy atom. The molecule has 0 fully saturated rings. The molecule has 17 heavy (non-hydrogen) atoms. The van der Waals surface area contributed by atoms with Crippen LogP contribution in [0.2, 0.25) is 0 Å². The van der Waals surface area contributed by atoms with Crippen molar-refractivity contribution < 1.29 is 13.5 Å². The molecule has 0 aliphatic heterocycles. The van der Waals surface area contributed by atoms with E-state index in [1.54, 1.807) is 0 Å². The van der Waals surface area contributed by atoms with Crippen molar-refractivity contribution in [2.75, 3.05) is 0 Å². The van der Waals surface area contributed by atoms with Crippen LogP contribution < -0.4 is 8.07 Å². The van der Waals surface area contributed by atoms with Crippen molar-refractivity contribution in [3.05, 3.63) is 59.7 Å². The molecule has 0 saturated heterocycles. The molecule has 0 heterocycles. The van der Waals surface area contributed by atoms with E-state index < -0.39 is 13.5 Å². The molecule has 0 amide bonds. The molecule has 0 aliphatic carbocycles. The normalized spacial score (nSPS) is 12.5. The summed E-state index contributed by atoms with van der Waals surface area (Å²) in [6.07, 6.45) is 0. The van der Waals surface area contributed by atoms with E-state index >= 15 is 0 Å². The molecular formula is C14H14Cl2Pd. The minimum absolute atomic E-state index is 1.09. The van der Waals surface area contributed by atoms with Crippen LogP contribution in [0.4, 0.5) is 0 Å². The van der Waals surface area contributed by atoms with Gasteiger partial charge in [0.25, 0.3) is 0 Å². The first kappa shape index (κ1) is 13.1. The molecule has 0 spiro atoms. The molecule has 0 aliphatic rings. The zero-order valence-corrected chi connectivity index (χ0v) is 12.8. The third kappa shape index (κ3) is 2.59. The maximum absolute atomic E-state index is 6.71. The summed E-state index contributed by atoms with van der Waals surface area (Å²) in [5, 5.41) is 0. The Kier molecular flexibility index (Phi) is 3.96. The fourth-order valence-corrected chi connectivity index (χ4v) is 7.99. The van der Waals surface area contributed by atoms with Crippen molar-refractivity contribution in [2.24, 2.45) is 0 Å². The quantitative estimate of drug-likeness (QED) is 0.717. The first-order valence-corrected chi connectivity index (χ1v) is 10.8. The first-order chi connectivity index (χ1) is 8.03. The molecule has 2 aromatic carbocycles. The van der Waals surface area contributed by atoms with E-state index in [0.717, 1.165) is 19.2 Å². The summed E-state index contributed by atoms with van der Waals surface area (Å²) >= 11 is -2.73. The summed E-state index contributed by atoms with van der Waals surface area (Å²) in [7, 11) is 13.4. The predicted octanol–water partition coefficient (Wildman–Crippen LogP) is 3.72. The van der Waals surface area contributed by atoms with Gasteiger partial charge in [0, 0.05) is 0 Å². The van der Waals surface area contributed by atoms with Gasteiger partial charge in [-0.15, -0.1) is 0 Å². The van der Waals surface area contributed by atoms with Crippen molar-refractivity contribution in [2.45, 2.75) is 13.8 Å². The van der Waals surface area contributed by atoms with Gasteiger partial charge in [-0.1, -0.05) is 0 Å². The van der Waals surface area contributed by atoms with Crippen molar-refractivity contribution in [1.29, 1.82) is 0 Å². The minimum atomic E-state index is -2.73. The molecule has 94 valence electrons. The Bertz CT molecular complexity index is 488. The van der Waals surface area contributed by atoms with Crippen LogP contribution in [0.3, 0.4) is 0 Å². The second kappa shape index (κ2) is 5.13. The summed E-state index contributed by atoms with van der Waals surface area (Å²) in [6, 6.07) is 16.2. The van der Waals surface area contributed by atoms with Gasteiger partial charge in [0.1, 0.15) is 0 Å². The van der Waals surface area contributed by atoms with E-state index in [1.165, 1.54) is 0 Å². The van der Waals surface area contributed by atoms with Crippen LogP contribution in [0, 0.1) is 13.8 Å². The van der Waals surface area contributed by atoms with E-state index in [0.29, 0.717) is 0 Å². The fraction of sp³-hybridized carbons (Fsp3) is 0.143. The van der Waals surface area contributed by atoms with Gasteiger partial charge < -0.3 is 0 Å². The third-order valence-corrected chi connectivity index (χ3v) is 9.41. The topological polar surface area (TPSA) is 0 Å². The van der Waals surface area contributed by atoms with Crippen LogP contribution in [0.1, 0.15) is 11.1 Å². The summed E-state index contributed by atoms with van der Waals surface area (Å²) in [5.41, 5.74) is 2.33. The second-order valence-corrected chi connectivity index (χ2v) is 12.2. The number of hydrogen-bond donors (Lipinski definition) is 0. The summed E-state index contributed by atoms with van der Waals surface area (Å²) in [4.78, 5) is 0. The molecule has 0 nitrogen and oxygen atoms in total. The Morgan fingerprint density at radius 1 is 0.706 bits per heavy atom. The molecule has 0 radical (unpaired) electrons. The van der Waals surface area contributed by atoms with Crippen LogP contribution in [0.15, 0.2) is 48.5 Å². The molecule has 0 unspecified atom stereocenters. The van der Waals surface area contributed by atoms with Gasteiger partial charge >= 0.3 is 114 Å². The van der Waals surface area contributed by atoms with Gasteiger partial charge in [-0.05, 0) is 0 Å². The van der Waals surface area contributed by atoms with Gasteiger partial charge in [-0.2, -0.15) is 0 Å². The van der Waals surface area contributed by atoms with Crippen molar-refractivity contribution in [3.8, 4) is 0 Å². The Balaban J connectivity index is 2.58. The monoisotopic (exact) mass is 358 g/mol. The van der Waals surface area contributed by atoms with Crippen LogP contribution in [0.25, 0.3) is 0 Å². The zero-order valence-electron chi connectivity index (χ0n) is 9.69. The maximum atomic E-state index is 6.71. The van der Waals surface area contributed by atoms with Crippen molar-refractivity contribution in [1.82, 2.24) is 0 Å². The van der Waals surface area contributed by atoms with Gasteiger partial charge in [-0.25, -0.2) is 0 Å². The Morgan fingerprint density at radius 2 is 1.06 bits per heavy atom. The van der Waals surface area contributed by atoms with Crippen LogP contribution in [0.5, 0.6) is 0 Å². The molecule has 0 bridgehead atoms. The number of rotatable bonds is 2. The molecule has 0 atom stereocenters. The van der Waals surface area contributed by atoms with E-state index in [1.807, 2.05) is 36.4 Å². The standard InChI is InChI=1S/2C7H7.2ClH.Pd/c2*1-7-5-3-2-4-6-7;;;/h2*2-5H,1H3;2*1H;/q;;;;+2/p-2. The van der Waals surface area contributed by atoms with E-state index in [-0.39, 0.29) is 0 Å². The zero-order chi connectivity index (χ0) is 12.5. The molecule has 2 aromatic rings. The molecule has 0 aromatic heterocycles. The van der Waals surface area contributed by atoms with Gasteiger partial charge in [0.15, 0.2) is 0 Å². The molecule has 0 saturated carbocycles. The van der Waals surface area contributed by atoms with Crippen LogP contribution in [-0.4, -0.2) is 0 Å². The first-order valence-electron chi connectivity index (χ1n) is 5.21. The molecule has 3 heteroatoms. The van der Waals surface area contributed by atoms with Crippen LogP contribution in [-0.2, 0) is 13.5 Å². The number of halogens is 2. The number of benzene rings is 2. The van der Waals surface area contributed by atoms with Gasteiger partial charge in [-0.3, -0.25) is 0 Å². The van der Waals surface area contributed by atoms with Gasteiger partial charge in [0.05, 0.1) is 0 Å². The SMILES string of the molecule is Cc1cccc[c]1[Pd]([Cl])([Cl])[c]1ccccc1C. The average Bonchev–Trinajstić information content (AvgIpc) is 2.29. The van der Waals surface area contributed by atoms with Crippen molar-refractivity contribution >= 4 is 27.1 Å². The Hall–Kier alpha value is -0.318. The number of hydrogen-bond acceptors (Lipinski definition) is 0. The molecular weight excluding hydrogens is 345 g/mol. The average molecular weight is 360 g/mol. The third-order valence-electron chi connectivity index (χ3n) is 2.51. The second-order valence-electron chi connectivity index (χ2n) is 3.80. The summed E-state index contributed by atoms with van der Waals surface area (Å²) in [5.74, 6) is 0. The predicted molar refractivity (Wildman–Crippen MR) is 73.3 cm³/mol. The molecule has 0 N–H and O–H groups in total.